The average Bonchev–Trinajstić information content (AvgIpc) is 2.62. The number of benzene rings is 1. The van der Waals surface area contributed by atoms with Gasteiger partial charge in [0.05, 0.1) is 0 Å². The van der Waals surface area contributed by atoms with Crippen LogP contribution >= 0.6 is 0 Å². The van der Waals surface area contributed by atoms with E-state index in [0.29, 0.717) is 0 Å². The second kappa shape index (κ2) is 3.56. The molecular weight excluding hydrogens is 162 g/mol. The molecule has 0 saturated heterocycles. The molecule has 1 aliphatic rings. The number of unbranched alkanes of at least 4 members (excludes halogenated alkanes) is 1. The van der Waals surface area contributed by atoms with Gasteiger partial charge in [0.15, 0.2) is 0 Å². The molecule has 67 valence electrons. The highest BCUT2D eigenvalue weighted by Crippen LogP contribution is 2.34. The summed E-state index contributed by atoms with van der Waals surface area (Å²) in [5.74, 6) is 0. The highest BCUT2D eigenvalue weighted by Gasteiger charge is 2.12. The molecule has 0 bridgehead atoms. The van der Waals surface area contributed by atoms with E-state index in [1.54, 1.807) is 0 Å². The Balaban J connectivity index is 2.25. The molecule has 0 amide bonds. The monoisotopic (exact) mass is 174 g/mol. The van der Waals surface area contributed by atoms with E-state index in [1.807, 2.05) is 12.1 Å². The van der Waals surface area contributed by atoms with E-state index in [2.05, 4.69) is 28.8 Å². The normalized spacial score (nSPS) is 12.7. The minimum absolute atomic E-state index is 0.911. The van der Waals surface area contributed by atoms with Gasteiger partial charge in [-0.15, -0.1) is 10.5 Å². The molecule has 1 aromatic carbocycles. The Morgan fingerprint density at radius 3 is 3.08 bits per heavy atom. The van der Waals surface area contributed by atoms with E-state index in [9.17, 15) is 0 Å². The summed E-state index contributed by atoms with van der Waals surface area (Å²) in [5, 5.41) is 7.68. The van der Waals surface area contributed by atoms with Crippen molar-refractivity contribution in [2.24, 2.45) is 10.3 Å². The molecule has 0 fully saturated rings. The molecule has 0 aliphatic carbocycles. The molecule has 0 N–H and O–H groups in total. The summed E-state index contributed by atoms with van der Waals surface area (Å²) in [4.78, 5) is 0. The van der Waals surface area contributed by atoms with E-state index in [-0.39, 0.29) is 0 Å². The standard InChI is InChI=1S/C10H12N3/c1-2-3-5-8-6-4-7-9-10(8)12-13-11-9/h4,6-7H,2-3,5H2,1H3. The maximum atomic E-state index is 4.01. The molecule has 3 heteroatoms. The van der Waals surface area contributed by atoms with Gasteiger partial charge in [-0.25, -0.2) is 0 Å². The Labute approximate surface area is 77.9 Å². The van der Waals surface area contributed by atoms with Crippen LogP contribution in [0.1, 0.15) is 25.3 Å². The van der Waals surface area contributed by atoms with Gasteiger partial charge in [-0.1, -0.05) is 25.5 Å². The average molecular weight is 174 g/mol. The van der Waals surface area contributed by atoms with E-state index in [0.717, 1.165) is 17.8 Å². The lowest BCUT2D eigenvalue weighted by molar-refractivity contribution is 0.795. The maximum Gasteiger partial charge on any atom is 0.118 e. The Kier molecular flexibility index (Phi) is 2.25. The van der Waals surface area contributed by atoms with Crippen molar-refractivity contribution < 1.29 is 0 Å². The van der Waals surface area contributed by atoms with E-state index < -0.39 is 0 Å². The van der Waals surface area contributed by atoms with E-state index >= 15 is 0 Å². The predicted molar refractivity (Wildman–Crippen MR) is 51.4 cm³/mol. The van der Waals surface area contributed by atoms with Crippen LogP contribution in [0.2, 0.25) is 0 Å². The van der Waals surface area contributed by atoms with Crippen molar-refractivity contribution in [3.05, 3.63) is 23.8 Å². The topological polar surface area (TPSA) is 38.8 Å². The molecule has 0 saturated carbocycles. The number of fused-ring (bicyclic) bond motifs is 1. The van der Waals surface area contributed by atoms with Crippen molar-refractivity contribution in [3.8, 4) is 0 Å². The number of hydrogen-bond acceptors (Lipinski definition) is 2. The third-order valence-corrected chi connectivity index (χ3v) is 2.20. The lowest BCUT2D eigenvalue weighted by Crippen LogP contribution is -1.86. The minimum Gasteiger partial charge on any atom is -0.128 e. The first-order valence-corrected chi connectivity index (χ1v) is 4.65. The van der Waals surface area contributed by atoms with Crippen molar-refractivity contribution in [2.45, 2.75) is 26.2 Å². The fourth-order valence-corrected chi connectivity index (χ4v) is 1.46. The molecule has 13 heavy (non-hydrogen) atoms. The largest absolute Gasteiger partial charge is 0.128 e. The van der Waals surface area contributed by atoms with Crippen LogP contribution in [0.25, 0.3) is 0 Å². The number of hydrogen-bond donors (Lipinski definition) is 0. The molecule has 0 unspecified atom stereocenters. The lowest BCUT2D eigenvalue weighted by atomic mass is 10.1. The van der Waals surface area contributed by atoms with Gasteiger partial charge in [-0.3, -0.25) is 0 Å². The van der Waals surface area contributed by atoms with Gasteiger partial charge in [0, 0.05) is 0 Å². The molecule has 1 radical (unpaired) electrons. The van der Waals surface area contributed by atoms with Crippen molar-refractivity contribution in [2.75, 3.05) is 0 Å². The van der Waals surface area contributed by atoms with Crippen LogP contribution in [0.5, 0.6) is 0 Å². The van der Waals surface area contributed by atoms with Crippen molar-refractivity contribution in [1.29, 1.82) is 0 Å². The molecule has 0 aromatic heterocycles. The van der Waals surface area contributed by atoms with Crippen LogP contribution in [0.15, 0.2) is 28.5 Å². The van der Waals surface area contributed by atoms with Crippen molar-refractivity contribution >= 4 is 11.4 Å². The molecule has 3 nitrogen and oxygen atoms in total. The van der Waals surface area contributed by atoms with Gasteiger partial charge in [0.1, 0.15) is 11.4 Å². The van der Waals surface area contributed by atoms with E-state index in [4.69, 9.17) is 0 Å². The Hall–Kier alpha value is -1.38. The highest BCUT2D eigenvalue weighted by molar-refractivity contribution is 5.66. The van der Waals surface area contributed by atoms with Gasteiger partial charge in [0.2, 0.25) is 0 Å². The smallest absolute Gasteiger partial charge is 0.118 e. The van der Waals surface area contributed by atoms with Crippen LogP contribution in [0.4, 0.5) is 11.4 Å². The zero-order chi connectivity index (χ0) is 9.10. The third kappa shape index (κ3) is 1.54. The summed E-state index contributed by atoms with van der Waals surface area (Å²) in [7, 11) is 0. The van der Waals surface area contributed by atoms with Crippen LogP contribution in [-0.4, -0.2) is 0 Å². The zero-order valence-corrected chi connectivity index (χ0v) is 7.70. The Morgan fingerprint density at radius 1 is 1.31 bits per heavy atom. The first-order valence-electron chi connectivity index (χ1n) is 4.65. The van der Waals surface area contributed by atoms with Crippen molar-refractivity contribution in [3.63, 3.8) is 0 Å². The van der Waals surface area contributed by atoms with Gasteiger partial charge < -0.3 is 0 Å². The fourth-order valence-electron chi connectivity index (χ4n) is 1.46. The minimum atomic E-state index is 0.911. The van der Waals surface area contributed by atoms with Crippen LogP contribution in [0, 0.1) is 0 Å². The lowest BCUT2D eigenvalue weighted by Gasteiger charge is -2.02. The van der Waals surface area contributed by atoms with Gasteiger partial charge in [-0.2, -0.15) is 0 Å². The first-order chi connectivity index (χ1) is 6.42. The summed E-state index contributed by atoms with van der Waals surface area (Å²) in [6.45, 7) is 2.19. The second-order valence-electron chi connectivity index (χ2n) is 3.18. The number of aryl methyl sites for hydroxylation is 1. The molecular formula is C10H12N3. The summed E-state index contributed by atoms with van der Waals surface area (Å²) >= 11 is 0. The van der Waals surface area contributed by atoms with Gasteiger partial charge in [0.25, 0.3) is 0 Å². The maximum absolute atomic E-state index is 4.01. The van der Waals surface area contributed by atoms with Crippen molar-refractivity contribution in [1.82, 2.24) is 5.43 Å². The quantitative estimate of drug-likeness (QED) is 0.674. The second-order valence-corrected chi connectivity index (χ2v) is 3.18. The zero-order valence-electron chi connectivity index (χ0n) is 7.70. The number of rotatable bonds is 3. The molecule has 1 aliphatic heterocycles. The third-order valence-electron chi connectivity index (χ3n) is 2.20. The fraction of sp³-hybridized carbons (Fsp3) is 0.400. The number of nitrogens with zero attached hydrogens (tertiary/aromatic N) is 3. The molecule has 1 aromatic rings. The van der Waals surface area contributed by atoms with Crippen LogP contribution in [-0.2, 0) is 6.42 Å². The Morgan fingerprint density at radius 2 is 2.23 bits per heavy atom. The molecule has 1 heterocycles. The first kappa shape index (κ1) is 8.23. The van der Waals surface area contributed by atoms with E-state index in [1.165, 1.54) is 18.4 Å². The highest BCUT2D eigenvalue weighted by atomic mass is 15.5. The summed E-state index contributed by atoms with van der Waals surface area (Å²) in [6.07, 6.45) is 3.48. The van der Waals surface area contributed by atoms with Crippen LogP contribution in [0.3, 0.4) is 0 Å². The Bertz CT molecular complexity index is 331. The molecule has 2 rings (SSSR count). The molecule has 0 spiro atoms. The summed E-state index contributed by atoms with van der Waals surface area (Å²) < 4.78 is 0. The predicted octanol–water partition coefficient (Wildman–Crippen LogP) is 3.28. The SMILES string of the molecule is CCCCc1cccc2c1N=N[N]2. The van der Waals surface area contributed by atoms with Gasteiger partial charge >= 0.3 is 0 Å². The summed E-state index contributed by atoms with van der Waals surface area (Å²) in [6, 6.07) is 6.07. The molecule has 0 atom stereocenters. The summed E-state index contributed by atoms with van der Waals surface area (Å²) in [5.41, 5.74) is 7.07. The van der Waals surface area contributed by atoms with Gasteiger partial charge in [-0.05, 0) is 29.7 Å². The van der Waals surface area contributed by atoms with Crippen LogP contribution < -0.4 is 5.43 Å².